The van der Waals surface area contributed by atoms with Crippen LogP contribution in [0.25, 0.3) is 0 Å². The molecular formula is C19H42N2O2. The molecule has 0 aliphatic carbocycles. The Kier molecular flexibility index (Phi) is 19.3. The van der Waals surface area contributed by atoms with Gasteiger partial charge in [-0.3, -0.25) is 4.90 Å². The molecule has 23 heavy (non-hydrogen) atoms. The van der Waals surface area contributed by atoms with Crippen LogP contribution >= 0.6 is 0 Å². The quantitative estimate of drug-likeness (QED) is 0.545. The van der Waals surface area contributed by atoms with Crippen molar-refractivity contribution in [1.29, 1.82) is 0 Å². The normalized spacial score (nSPS) is 15.7. The molecule has 1 aliphatic rings. The number of carbonyl (C=O) groups is 1. The predicted molar refractivity (Wildman–Crippen MR) is 101 cm³/mol. The Morgan fingerprint density at radius 2 is 1.74 bits per heavy atom. The first-order chi connectivity index (χ1) is 11.0. The van der Waals surface area contributed by atoms with Crippen LogP contribution < -0.4 is 5.32 Å². The number of likely N-dealkylation sites (N-methyl/N-ethyl adjacent to an activating group) is 1. The molecule has 0 saturated carbocycles. The molecule has 1 rings (SSSR count). The van der Waals surface area contributed by atoms with E-state index in [1.54, 1.807) is 0 Å². The predicted octanol–water partition coefficient (Wildman–Crippen LogP) is 3.60. The van der Waals surface area contributed by atoms with Crippen molar-refractivity contribution in [2.45, 2.75) is 66.9 Å². The maximum Gasteiger partial charge on any atom is 0.133 e. The van der Waals surface area contributed by atoms with Crippen LogP contribution in [0.3, 0.4) is 0 Å². The van der Waals surface area contributed by atoms with E-state index in [0.717, 1.165) is 44.4 Å². The van der Waals surface area contributed by atoms with Gasteiger partial charge < -0.3 is 14.8 Å². The Morgan fingerprint density at radius 1 is 1.17 bits per heavy atom. The van der Waals surface area contributed by atoms with Crippen LogP contribution in [0.5, 0.6) is 0 Å². The summed E-state index contributed by atoms with van der Waals surface area (Å²) in [6, 6.07) is 0. The number of carbonyl (C=O) groups excluding carboxylic acids is 1. The molecule has 0 spiro atoms. The van der Waals surface area contributed by atoms with E-state index in [2.05, 4.69) is 24.1 Å². The van der Waals surface area contributed by atoms with Crippen molar-refractivity contribution in [3.8, 4) is 0 Å². The highest BCUT2D eigenvalue weighted by atomic mass is 16.5. The number of nitrogens with zero attached hydrogens (tertiary/aromatic N) is 1. The zero-order valence-corrected chi connectivity index (χ0v) is 16.7. The number of ether oxygens (including phenoxy) is 1. The lowest BCUT2D eigenvalue weighted by molar-refractivity contribution is -0.109. The van der Waals surface area contributed by atoms with Crippen LogP contribution in [-0.4, -0.2) is 57.1 Å². The van der Waals surface area contributed by atoms with Crippen LogP contribution in [0.1, 0.15) is 60.8 Å². The van der Waals surface area contributed by atoms with E-state index in [1.807, 2.05) is 34.7 Å². The van der Waals surface area contributed by atoms with Crippen molar-refractivity contribution in [2.24, 2.45) is 11.8 Å². The Bertz CT molecular complexity index is 238. The summed E-state index contributed by atoms with van der Waals surface area (Å²) in [6.07, 6.45) is 5.30. The third-order valence-corrected chi connectivity index (χ3v) is 3.65. The minimum absolute atomic E-state index is 0.364. The van der Waals surface area contributed by atoms with Gasteiger partial charge in [0.2, 0.25) is 0 Å². The third-order valence-electron chi connectivity index (χ3n) is 3.65. The van der Waals surface area contributed by atoms with Gasteiger partial charge in [0.1, 0.15) is 6.29 Å². The second-order valence-corrected chi connectivity index (χ2v) is 6.56. The SMILES string of the molecule is CC.CC(C)CC1CCN(CC=O)CC1.CNCCOC(C)C. The summed E-state index contributed by atoms with van der Waals surface area (Å²) in [5.41, 5.74) is 0. The first kappa shape index (κ1) is 24.8. The molecular weight excluding hydrogens is 288 g/mol. The van der Waals surface area contributed by atoms with Crippen LogP contribution in [0, 0.1) is 11.8 Å². The summed E-state index contributed by atoms with van der Waals surface area (Å²) in [7, 11) is 1.92. The number of piperidine rings is 1. The first-order valence-electron chi connectivity index (χ1n) is 9.41. The molecule has 4 nitrogen and oxygen atoms in total. The van der Waals surface area contributed by atoms with E-state index in [1.165, 1.54) is 19.3 Å². The van der Waals surface area contributed by atoms with Crippen molar-refractivity contribution in [3.05, 3.63) is 0 Å². The largest absolute Gasteiger partial charge is 0.377 e. The number of rotatable bonds is 8. The van der Waals surface area contributed by atoms with E-state index in [0.29, 0.717) is 12.6 Å². The third kappa shape index (κ3) is 17.7. The number of hydrogen-bond acceptors (Lipinski definition) is 4. The molecule has 1 heterocycles. The zero-order chi connectivity index (χ0) is 18.1. The van der Waals surface area contributed by atoms with Gasteiger partial charge in [0.15, 0.2) is 0 Å². The van der Waals surface area contributed by atoms with Crippen molar-refractivity contribution in [2.75, 3.05) is 39.8 Å². The number of hydrogen-bond donors (Lipinski definition) is 1. The molecule has 0 aromatic carbocycles. The van der Waals surface area contributed by atoms with Crippen molar-refractivity contribution >= 4 is 6.29 Å². The lowest BCUT2D eigenvalue weighted by Gasteiger charge is -2.31. The smallest absolute Gasteiger partial charge is 0.133 e. The van der Waals surface area contributed by atoms with Gasteiger partial charge >= 0.3 is 0 Å². The molecule has 4 heteroatoms. The monoisotopic (exact) mass is 330 g/mol. The number of nitrogens with one attached hydrogen (secondary N) is 1. The van der Waals surface area contributed by atoms with Gasteiger partial charge in [0.05, 0.1) is 19.3 Å². The first-order valence-corrected chi connectivity index (χ1v) is 9.41. The van der Waals surface area contributed by atoms with Crippen molar-refractivity contribution in [1.82, 2.24) is 10.2 Å². The fraction of sp³-hybridized carbons (Fsp3) is 0.947. The van der Waals surface area contributed by atoms with Crippen LogP contribution in [0.2, 0.25) is 0 Å². The molecule has 1 saturated heterocycles. The molecule has 1 N–H and O–H groups in total. The van der Waals surface area contributed by atoms with E-state index in [-0.39, 0.29) is 0 Å². The molecule has 0 radical (unpaired) electrons. The molecule has 1 fully saturated rings. The number of likely N-dealkylation sites (tertiary alicyclic amines) is 1. The molecule has 0 amide bonds. The van der Waals surface area contributed by atoms with Crippen molar-refractivity contribution in [3.63, 3.8) is 0 Å². The highest BCUT2D eigenvalue weighted by Crippen LogP contribution is 2.23. The maximum atomic E-state index is 10.3. The Labute approximate surface area is 145 Å². The lowest BCUT2D eigenvalue weighted by Crippen LogP contribution is -2.35. The van der Waals surface area contributed by atoms with Gasteiger partial charge in [-0.25, -0.2) is 0 Å². The Hall–Kier alpha value is -0.450. The average Bonchev–Trinajstić information content (AvgIpc) is 2.52. The highest BCUT2D eigenvalue weighted by Gasteiger charge is 2.19. The van der Waals surface area contributed by atoms with Crippen LogP contribution in [-0.2, 0) is 9.53 Å². The molecule has 0 aromatic rings. The van der Waals surface area contributed by atoms with E-state index >= 15 is 0 Å². The van der Waals surface area contributed by atoms with Gasteiger partial charge in [-0.05, 0) is 65.1 Å². The fourth-order valence-electron chi connectivity index (χ4n) is 2.57. The second-order valence-electron chi connectivity index (χ2n) is 6.56. The zero-order valence-electron chi connectivity index (χ0n) is 16.7. The van der Waals surface area contributed by atoms with E-state index in [9.17, 15) is 4.79 Å². The van der Waals surface area contributed by atoms with Crippen LogP contribution in [0.4, 0.5) is 0 Å². The Balaban J connectivity index is 0. The minimum atomic E-state index is 0.364. The lowest BCUT2D eigenvalue weighted by atomic mass is 9.89. The molecule has 0 aromatic heterocycles. The second kappa shape index (κ2) is 17.9. The molecule has 1 aliphatic heterocycles. The van der Waals surface area contributed by atoms with Crippen LogP contribution in [0.15, 0.2) is 0 Å². The highest BCUT2D eigenvalue weighted by molar-refractivity contribution is 5.51. The van der Waals surface area contributed by atoms with Gasteiger partial charge in [-0.1, -0.05) is 27.7 Å². The van der Waals surface area contributed by atoms with Gasteiger partial charge in [0, 0.05) is 6.54 Å². The summed E-state index contributed by atoms with van der Waals surface area (Å²) in [5, 5.41) is 3.00. The van der Waals surface area contributed by atoms with E-state index in [4.69, 9.17) is 4.74 Å². The molecule has 0 unspecified atom stereocenters. The topological polar surface area (TPSA) is 41.6 Å². The number of aldehydes is 1. The standard InChI is InChI=1S/C11H21NO.C6H15NO.C2H6/c1-10(2)9-11-3-5-12(6-4-11)7-8-13;1-6(2)8-5-4-7-3;1-2/h8,10-11H,3-7,9H2,1-2H3;6-7H,4-5H2,1-3H3;1-2H3. The summed E-state index contributed by atoms with van der Waals surface area (Å²) in [4.78, 5) is 12.5. The van der Waals surface area contributed by atoms with E-state index < -0.39 is 0 Å². The maximum absolute atomic E-state index is 10.3. The van der Waals surface area contributed by atoms with Gasteiger partial charge in [-0.2, -0.15) is 0 Å². The summed E-state index contributed by atoms with van der Waals surface area (Å²) in [6.45, 7) is 17.3. The summed E-state index contributed by atoms with van der Waals surface area (Å²) >= 11 is 0. The molecule has 0 atom stereocenters. The van der Waals surface area contributed by atoms with Crippen molar-refractivity contribution < 1.29 is 9.53 Å². The minimum Gasteiger partial charge on any atom is -0.377 e. The summed E-state index contributed by atoms with van der Waals surface area (Å²) in [5.74, 6) is 1.73. The average molecular weight is 331 g/mol. The summed E-state index contributed by atoms with van der Waals surface area (Å²) < 4.78 is 5.22. The molecule has 140 valence electrons. The fourth-order valence-corrected chi connectivity index (χ4v) is 2.57. The van der Waals surface area contributed by atoms with Gasteiger partial charge in [0.25, 0.3) is 0 Å². The van der Waals surface area contributed by atoms with Gasteiger partial charge in [-0.15, -0.1) is 0 Å². The Morgan fingerprint density at radius 3 is 2.13 bits per heavy atom. The molecule has 0 bridgehead atoms.